The Hall–Kier alpha value is -3.15. The van der Waals surface area contributed by atoms with Crippen molar-refractivity contribution in [1.29, 1.82) is 0 Å². The van der Waals surface area contributed by atoms with E-state index in [9.17, 15) is 14.9 Å². The number of aromatic amines is 1. The van der Waals surface area contributed by atoms with Crippen molar-refractivity contribution in [3.05, 3.63) is 81.1 Å². The zero-order chi connectivity index (χ0) is 14.8. The highest BCUT2D eigenvalue weighted by Gasteiger charge is 2.10. The first-order chi connectivity index (χ1) is 10.1. The standard InChI is InChI=1S/C15H11N3O3/c19-15-10-14(11-5-2-1-3-6-11)16-17(15)12-7-4-8-13(9-12)18(20)21/h1-10,16H. The number of nitro benzene ring substituents is 1. The van der Waals surface area contributed by atoms with Gasteiger partial charge in [-0.2, -0.15) is 0 Å². The van der Waals surface area contributed by atoms with E-state index in [1.165, 1.54) is 22.9 Å². The molecular formula is C15H11N3O3. The third-order valence-corrected chi connectivity index (χ3v) is 3.10. The second-order valence-electron chi connectivity index (χ2n) is 4.49. The molecule has 21 heavy (non-hydrogen) atoms. The van der Waals surface area contributed by atoms with Gasteiger partial charge >= 0.3 is 0 Å². The van der Waals surface area contributed by atoms with E-state index >= 15 is 0 Å². The highest BCUT2D eigenvalue weighted by molar-refractivity contribution is 5.58. The van der Waals surface area contributed by atoms with Crippen LogP contribution in [-0.4, -0.2) is 14.7 Å². The molecule has 0 amide bonds. The van der Waals surface area contributed by atoms with Crippen molar-refractivity contribution in [3.8, 4) is 16.9 Å². The van der Waals surface area contributed by atoms with E-state index in [-0.39, 0.29) is 11.2 Å². The smallest absolute Gasteiger partial charge is 0.271 e. The fourth-order valence-electron chi connectivity index (χ4n) is 2.10. The van der Waals surface area contributed by atoms with Crippen LogP contribution in [0.4, 0.5) is 5.69 Å². The van der Waals surface area contributed by atoms with Gasteiger partial charge < -0.3 is 0 Å². The lowest BCUT2D eigenvalue weighted by Crippen LogP contribution is -2.13. The van der Waals surface area contributed by atoms with Crippen molar-refractivity contribution >= 4 is 5.69 Å². The van der Waals surface area contributed by atoms with Crippen LogP contribution in [0.2, 0.25) is 0 Å². The lowest BCUT2D eigenvalue weighted by molar-refractivity contribution is -0.384. The number of nitro groups is 1. The van der Waals surface area contributed by atoms with Gasteiger partial charge in [0.05, 0.1) is 16.3 Å². The second kappa shape index (κ2) is 5.09. The molecule has 0 unspecified atom stereocenters. The van der Waals surface area contributed by atoms with Crippen LogP contribution in [-0.2, 0) is 0 Å². The van der Waals surface area contributed by atoms with E-state index in [2.05, 4.69) is 5.10 Å². The zero-order valence-corrected chi connectivity index (χ0v) is 10.9. The summed E-state index contributed by atoms with van der Waals surface area (Å²) in [6.07, 6.45) is 0. The highest BCUT2D eigenvalue weighted by atomic mass is 16.6. The topological polar surface area (TPSA) is 80.9 Å². The van der Waals surface area contributed by atoms with E-state index in [4.69, 9.17) is 0 Å². The molecule has 0 spiro atoms. The van der Waals surface area contributed by atoms with Crippen LogP contribution >= 0.6 is 0 Å². The second-order valence-corrected chi connectivity index (χ2v) is 4.49. The molecule has 0 radical (unpaired) electrons. The van der Waals surface area contributed by atoms with Gasteiger partial charge in [-0.3, -0.25) is 20.0 Å². The first-order valence-electron chi connectivity index (χ1n) is 6.27. The summed E-state index contributed by atoms with van der Waals surface area (Å²) in [6.45, 7) is 0. The minimum Gasteiger partial charge on any atom is -0.290 e. The van der Waals surface area contributed by atoms with Crippen LogP contribution in [0.15, 0.2) is 65.5 Å². The summed E-state index contributed by atoms with van der Waals surface area (Å²) in [5.74, 6) is 0. The van der Waals surface area contributed by atoms with Gasteiger partial charge in [-0.15, -0.1) is 0 Å². The minimum atomic E-state index is -0.490. The maximum atomic E-state index is 12.1. The van der Waals surface area contributed by atoms with Gasteiger partial charge in [0.1, 0.15) is 0 Å². The van der Waals surface area contributed by atoms with Gasteiger partial charge in [-0.1, -0.05) is 36.4 Å². The molecule has 2 aromatic carbocycles. The predicted molar refractivity (Wildman–Crippen MR) is 78.5 cm³/mol. The molecule has 0 atom stereocenters. The van der Waals surface area contributed by atoms with Gasteiger partial charge in [0, 0.05) is 18.2 Å². The van der Waals surface area contributed by atoms with Crippen molar-refractivity contribution in [1.82, 2.24) is 9.78 Å². The van der Waals surface area contributed by atoms with Gasteiger partial charge in [-0.25, -0.2) is 4.68 Å². The molecule has 1 N–H and O–H groups in total. The Kier molecular flexibility index (Phi) is 3.12. The lowest BCUT2D eigenvalue weighted by Gasteiger charge is -2.02. The Bertz CT molecular complexity index is 850. The van der Waals surface area contributed by atoms with Crippen LogP contribution in [0.1, 0.15) is 0 Å². The largest absolute Gasteiger partial charge is 0.290 e. The Morgan fingerprint density at radius 2 is 1.76 bits per heavy atom. The molecule has 3 rings (SSSR count). The highest BCUT2D eigenvalue weighted by Crippen LogP contribution is 2.18. The Balaban J connectivity index is 2.08. The first-order valence-corrected chi connectivity index (χ1v) is 6.27. The molecule has 0 aliphatic carbocycles. The van der Waals surface area contributed by atoms with Crippen LogP contribution in [0.3, 0.4) is 0 Å². The normalized spacial score (nSPS) is 10.5. The summed E-state index contributed by atoms with van der Waals surface area (Å²) in [7, 11) is 0. The van der Waals surface area contributed by atoms with E-state index in [0.29, 0.717) is 11.4 Å². The maximum Gasteiger partial charge on any atom is 0.271 e. The monoisotopic (exact) mass is 281 g/mol. The van der Waals surface area contributed by atoms with Crippen LogP contribution < -0.4 is 5.56 Å². The summed E-state index contributed by atoms with van der Waals surface area (Å²) < 4.78 is 1.29. The van der Waals surface area contributed by atoms with Crippen LogP contribution in [0.5, 0.6) is 0 Å². The molecule has 1 aromatic heterocycles. The van der Waals surface area contributed by atoms with E-state index in [1.54, 1.807) is 12.1 Å². The van der Waals surface area contributed by atoms with E-state index in [0.717, 1.165) is 5.56 Å². The number of H-pyrrole nitrogens is 1. The number of hydrogen-bond acceptors (Lipinski definition) is 3. The van der Waals surface area contributed by atoms with Crippen molar-refractivity contribution in [2.24, 2.45) is 0 Å². The van der Waals surface area contributed by atoms with Crippen molar-refractivity contribution < 1.29 is 4.92 Å². The molecule has 0 saturated heterocycles. The number of rotatable bonds is 3. The van der Waals surface area contributed by atoms with Crippen molar-refractivity contribution in [3.63, 3.8) is 0 Å². The number of nitrogens with zero attached hydrogens (tertiary/aromatic N) is 2. The van der Waals surface area contributed by atoms with E-state index < -0.39 is 4.92 Å². The predicted octanol–water partition coefficient (Wildman–Crippen LogP) is 2.74. The van der Waals surface area contributed by atoms with Crippen LogP contribution in [0, 0.1) is 10.1 Å². The third-order valence-electron chi connectivity index (χ3n) is 3.10. The maximum absolute atomic E-state index is 12.1. The summed E-state index contributed by atoms with van der Waals surface area (Å²) in [6, 6.07) is 16.8. The fraction of sp³-hybridized carbons (Fsp3) is 0. The van der Waals surface area contributed by atoms with Gasteiger partial charge in [-0.05, 0) is 11.6 Å². The lowest BCUT2D eigenvalue weighted by atomic mass is 10.2. The van der Waals surface area contributed by atoms with Crippen LogP contribution in [0.25, 0.3) is 16.9 Å². The SMILES string of the molecule is O=c1cc(-c2ccccc2)[nH]n1-c1cccc([N+](=O)[O-])c1. The molecule has 0 aliphatic heterocycles. The van der Waals surface area contributed by atoms with E-state index in [1.807, 2.05) is 30.3 Å². The fourth-order valence-corrected chi connectivity index (χ4v) is 2.10. The van der Waals surface area contributed by atoms with Gasteiger partial charge in [0.15, 0.2) is 0 Å². The summed E-state index contributed by atoms with van der Waals surface area (Å²) in [4.78, 5) is 22.4. The molecular weight excluding hydrogens is 270 g/mol. The molecule has 104 valence electrons. The summed E-state index contributed by atoms with van der Waals surface area (Å²) in [5, 5.41) is 13.8. The number of aromatic nitrogens is 2. The Labute approximate surface area is 119 Å². The summed E-state index contributed by atoms with van der Waals surface area (Å²) in [5.41, 5.74) is 1.63. The van der Waals surface area contributed by atoms with Gasteiger partial charge in [0.25, 0.3) is 11.2 Å². The first kappa shape index (κ1) is 12.9. The Morgan fingerprint density at radius 3 is 2.48 bits per heavy atom. The molecule has 1 heterocycles. The number of nitrogens with one attached hydrogen (secondary N) is 1. The summed E-state index contributed by atoms with van der Waals surface area (Å²) >= 11 is 0. The van der Waals surface area contributed by atoms with Gasteiger partial charge in [0.2, 0.25) is 0 Å². The average Bonchev–Trinajstić information content (AvgIpc) is 2.90. The minimum absolute atomic E-state index is 0.0599. The molecule has 0 bridgehead atoms. The molecule has 0 aliphatic rings. The number of non-ortho nitro benzene ring substituents is 1. The number of benzene rings is 2. The quantitative estimate of drug-likeness (QED) is 0.592. The Morgan fingerprint density at radius 1 is 1.00 bits per heavy atom. The average molecular weight is 281 g/mol. The molecule has 6 nitrogen and oxygen atoms in total. The molecule has 6 heteroatoms. The molecule has 3 aromatic rings. The third kappa shape index (κ3) is 2.46. The van der Waals surface area contributed by atoms with Crippen molar-refractivity contribution in [2.75, 3.05) is 0 Å². The molecule has 0 fully saturated rings. The number of hydrogen-bond donors (Lipinski definition) is 1. The molecule has 0 saturated carbocycles. The van der Waals surface area contributed by atoms with Crippen molar-refractivity contribution in [2.45, 2.75) is 0 Å². The zero-order valence-electron chi connectivity index (χ0n) is 10.9.